The topological polar surface area (TPSA) is 56.8 Å². The van der Waals surface area contributed by atoms with E-state index < -0.39 is 0 Å². The number of nitrogens with one attached hydrogen (secondary N) is 1. The Bertz CT molecular complexity index is 476. The van der Waals surface area contributed by atoms with Crippen molar-refractivity contribution in [2.75, 3.05) is 33.9 Å². The predicted molar refractivity (Wildman–Crippen MR) is 67.3 cm³/mol. The lowest BCUT2D eigenvalue weighted by molar-refractivity contribution is 0.0989. The van der Waals surface area contributed by atoms with E-state index in [1.807, 2.05) is 0 Å². The quantitative estimate of drug-likeness (QED) is 0.842. The van der Waals surface area contributed by atoms with E-state index in [0.717, 1.165) is 0 Å². The number of halogens is 1. The van der Waals surface area contributed by atoms with Gasteiger partial charge in [0.25, 0.3) is 0 Å². The Morgan fingerprint density at radius 3 is 2.89 bits per heavy atom. The Morgan fingerprint density at radius 1 is 1.50 bits per heavy atom. The highest BCUT2D eigenvalue weighted by Gasteiger charge is 2.25. The molecule has 0 spiro atoms. The van der Waals surface area contributed by atoms with Crippen molar-refractivity contribution in [3.63, 3.8) is 0 Å². The third-order valence-electron chi connectivity index (χ3n) is 2.57. The van der Waals surface area contributed by atoms with Crippen molar-refractivity contribution >= 4 is 17.4 Å². The van der Waals surface area contributed by atoms with Crippen molar-refractivity contribution in [1.82, 2.24) is 5.32 Å². The number of methoxy groups -OCH3 is 1. The number of rotatable bonds is 4. The van der Waals surface area contributed by atoms with Gasteiger partial charge in [-0.25, -0.2) is 0 Å². The molecule has 5 nitrogen and oxygen atoms in total. The van der Waals surface area contributed by atoms with Crippen molar-refractivity contribution in [3.05, 3.63) is 16.7 Å². The third kappa shape index (κ3) is 2.23. The number of carbonyl (C=O) groups excluding carboxylic acids is 1. The van der Waals surface area contributed by atoms with Gasteiger partial charge in [0.05, 0.1) is 19.2 Å². The summed E-state index contributed by atoms with van der Waals surface area (Å²) >= 11 is 6.17. The highest BCUT2D eigenvalue weighted by atomic mass is 35.5. The minimum absolute atomic E-state index is 0.117. The average molecular weight is 272 g/mol. The monoisotopic (exact) mass is 271 g/mol. The zero-order valence-corrected chi connectivity index (χ0v) is 11.0. The standard InChI is InChI=1S/C12H14ClNO4/c1-14-6-8(15)7-5-9-12(18-4-3-17-9)10(13)11(7)16-2/h5,14H,3-4,6H2,1-2H3. The van der Waals surface area contributed by atoms with E-state index in [9.17, 15) is 4.79 Å². The summed E-state index contributed by atoms with van der Waals surface area (Å²) in [7, 11) is 3.16. The molecule has 2 rings (SSSR count). The second-order valence-corrected chi connectivity index (χ2v) is 4.13. The average Bonchev–Trinajstić information content (AvgIpc) is 2.39. The molecule has 6 heteroatoms. The summed E-state index contributed by atoms with van der Waals surface area (Å²) in [6.07, 6.45) is 0. The van der Waals surface area contributed by atoms with Gasteiger partial charge in [-0.1, -0.05) is 11.6 Å². The molecular formula is C12H14ClNO4. The van der Waals surface area contributed by atoms with Crippen LogP contribution >= 0.6 is 11.6 Å². The molecule has 0 amide bonds. The van der Waals surface area contributed by atoms with Crippen molar-refractivity contribution in [1.29, 1.82) is 0 Å². The molecule has 0 aromatic heterocycles. The largest absolute Gasteiger partial charge is 0.494 e. The van der Waals surface area contributed by atoms with E-state index in [2.05, 4.69) is 5.32 Å². The summed E-state index contributed by atoms with van der Waals surface area (Å²) in [4.78, 5) is 12.0. The van der Waals surface area contributed by atoms with Crippen LogP contribution in [0.3, 0.4) is 0 Å². The highest BCUT2D eigenvalue weighted by molar-refractivity contribution is 6.34. The molecule has 1 N–H and O–H groups in total. The molecule has 0 atom stereocenters. The first-order chi connectivity index (χ1) is 8.69. The molecule has 0 saturated carbocycles. The number of ketones is 1. The number of benzene rings is 1. The van der Waals surface area contributed by atoms with Gasteiger partial charge in [0.1, 0.15) is 18.2 Å². The lowest BCUT2D eigenvalue weighted by Gasteiger charge is -2.22. The summed E-state index contributed by atoms with van der Waals surface area (Å²) in [5.41, 5.74) is 0.390. The Hall–Kier alpha value is -1.46. The van der Waals surface area contributed by atoms with Crippen LogP contribution in [0.15, 0.2) is 6.07 Å². The van der Waals surface area contributed by atoms with Crippen LogP contribution in [0.4, 0.5) is 0 Å². The van der Waals surface area contributed by atoms with E-state index in [-0.39, 0.29) is 17.4 Å². The van der Waals surface area contributed by atoms with E-state index >= 15 is 0 Å². The second kappa shape index (κ2) is 5.46. The lowest BCUT2D eigenvalue weighted by Crippen LogP contribution is -2.21. The molecule has 1 aromatic carbocycles. The second-order valence-electron chi connectivity index (χ2n) is 3.75. The van der Waals surface area contributed by atoms with Crippen LogP contribution in [-0.4, -0.2) is 39.7 Å². The van der Waals surface area contributed by atoms with Crippen molar-refractivity contribution in [2.24, 2.45) is 0 Å². The maximum Gasteiger partial charge on any atom is 0.183 e. The third-order valence-corrected chi connectivity index (χ3v) is 2.92. The highest BCUT2D eigenvalue weighted by Crippen LogP contribution is 2.45. The summed E-state index contributed by atoms with van der Waals surface area (Å²) in [5.74, 6) is 1.11. The molecule has 0 fully saturated rings. The molecule has 0 unspecified atom stereocenters. The fourth-order valence-electron chi connectivity index (χ4n) is 1.79. The van der Waals surface area contributed by atoms with Crippen LogP contribution in [0.1, 0.15) is 10.4 Å². The first-order valence-electron chi connectivity index (χ1n) is 5.53. The van der Waals surface area contributed by atoms with E-state index in [0.29, 0.717) is 36.0 Å². The fraction of sp³-hybridized carbons (Fsp3) is 0.417. The number of fused-ring (bicyclic) bond motifs is 1. The molecule has 98 valence electrons. The number of hydrogen-bond donors (Lipinski definition) is 1. The van der Waals surface area contributed by atoms with Crippen LogP contribution in [0.25, 0.3) is 0 Å². The molecule has 1 aromatic rings. The van der Waals surface area contributed by atoms with Crippen molar-refractivity contribution in [2.45, 2.75) is 0 Å². The van der Waals surface area contributed by atoms with E-state index in [1.165, 1.54) is 7.11 Å². The number of ether oxygens (including phenoxy) is 3. The molecule has 0 bridgehead atoms. The maximum absolute atomic E-state index is 12.0. The molecule has 1 heterocycles. The van der Waals surface area contributed by atoms with Gasteiger partial charge < -0.3 is 19.5 Å². The van der Waals surface area contributed by atoms with E-state index in [4.69, 9.17) is 25.8 Å². The first kappa shape index (κ1) is 13.0. The summed E-state index contributed by atoms with van der Waals surface area (Å²) in [6.45, 7) is 1.07. The minimum Gasteiger partial charge on any atom is -0.494 e. The van der Waals surface area contributed by atoms with Crippen molar-refractivity contribution < 1.29 is 19.0 Å². The van der Waals surface area contributed by atoms with Gasteiger partial charge in [-0.05, 0) is 13.1 Å². The predicted octanol–water partition coefficient (Wildman–Crippen LogP) is 1.52. The molecule has 0 radical (unpaired) electrons. The number of likely N-dealkylation sites (N-methyl/N-ethyl adjacent to an activating group) is 1. The maximum atomic E-state index is 12.0. The summed E-state index contributed by atoms with van der Waals surface area (Å²) < 4.78 is 16.1. The minimum atomic E-state index is -0.117. The van der Waals surface area contributed by atoms with Gasteiger partial charge in [-0.15, -0.1) is 0 Å². The SMILES string of the molecule is CNCC(=O)c1cc2c(c(Cl)c1OC)OCCO2. The smallest absolute Gasteiger partial charge is 0.183 e. The molecule has 18 heavy (non-hydrogen) atoms. The van der Waals surface area contributed by atoms with Crippen molar-refractivity contribution in [3.8, 4) is 17.2 Å². The van der Waals surface area contributed by atoms with Crippen LogP contribution < -0.4 is 19.5 Å². The van der Waals surface area contributed by atoms with Gasteiger partial charge in [0, 0.05) is 0 Å². The Kier molecular flexibility index (Phi) is 3.93. The zero-order valence-electron chi connectivity index (χ0n) is 10.2. The van der Waals surface area contributed by atoms with Gasteiger partial charge >= 0.3 is 0 Å². The molecule has 0 saturated heterocycles. The first-order valence-corrected chi connectivity index (χ1v) is 5.90. The van der Waals surface area contributed by atoms with E-state index in [1.54, 1.807) is 13.1 Å². The normalized spacial score (nSPS) is 13.3. The van der Waals surface area contributed by atoms with Gasteiger partial charge in [-0.3, -0.25) is 4.79 Å². The summed E-state index contributed by atoms with van der Waals surface area (Å²) in [5, 5.41) is 3.07. The summed E-state index contributed by atoms with van der Waals surface area (Å²) in [6, 6.07) is 1.61. The Labute approximate surface area is 110 Å². The van der Waals surface area contributed by atoms with Crippen LogP contribution in [0.5, 0.6) is 17.2 Å². The number of carbonyl (C=O) groups is 1. The van der Waals surface area contributed by atoms with Gasteiger partial charge in [0.15, 0.2) is 23.0 Å². The Morgan fingerprint density at radius 2 is 2.22 bits per heavy atom. The van der Waals surface area contributed by atoms with Crippen LogP contribution in [-0.2, 0) is 0 Å². The van der Waals surface area contributed by atoms with Crippen LogP contribution in [0.2, 0.25) is 5.02 Å². The lowest BCUT2D eigenvalue weighted by atomic mass is 10.1. The zero-order chi connectivity index (χ0) is 13.1. The molecular weight excluding hydrogens is 258 g/mol. The fourth-order valence-corrected chi connectivity index (χ4v) is 2.12. The number of hydrogen-bond acceptors (Lipinski definition) is 5. The van der Waals surface area contributed by atoms with Crippen LogP contribution in [0, 0.1) is 0 Å². The molecule has 1 aliphatic rings. The molecule has 0 aliphatic carbocycles. The van der Waals surface area contributed by atoms with Gasteiger partial charge in [0.2, 0.25) is 0 Å². The molecule has 1 aliphatic heterocycles. The van der Waals surface area contributed by atoms with Gasteiger partial charge in [-0.2, -0.15) is 0 Å². The Balaban J connectivity index is 2.52. The number of Topliss-reactive ketones (excluding diaryl/α,β-unsaturated/α-hetero) is 1.